The normalized spacial score (nSPS) is 10.3. The number of carboxylic acids is 1. The number of ether oxygens (including phenoxy) is 1. The number of carbonyl (C=O) groups excluding carboxylic acids is 1. The Morgan fingerprint density at radius 2 is 1.85 bits per heavy atom. The number of amides is 1. The summed E-state index contributed by atoms with van der Waals surface area (Å²) < 4.78 is 5.47. The first kappa shape index (κ1) is 16.0. The zero-order valence-corrected chi connectivity index (χ0v) is 11.9. The Balaban J connectivity index is 2.40. The molecule has 0 saturated carbocycles. The summed E-state index contributed by atoms with van der Waals surface area (Å²) in [6.07, 6.45) is 0.205. The van der Waals surface area contributed by atoms with Crippen molar-refractivity contribution in [2.75, 3.05) is 13.2 Å². The molecular weight excluding hydrogens is 258 g/mol. The average molecular weight is 279 g/mol. The molecule has 0 radical (unpaired) electrons. The molecule has 1 aromatic rings. The lowest BCUT2D eigenvalue weighted by Gasteiger charge is -2.26. The number of para-hydroxylation sites is 1. The fraction of sp³-hybridized carbons (Fsp3) is 0.467. The number of hydrogen-bond acceptors (Lipinski definition) is 3. The molecule has 20 heavy (non-hydrogen) atoms. The first-order valence-electron chi connectivity index (χ1n) is 6.70. The Hall–Kier alpha value is -2.04. The lowest BCUT2D eigenvalue weighted by molar-refractivity contribution is -0.139. The van der Waals surface area contributed by atoms with Crippen molar-refractivity contribution >= 4 is 11.9 Å². The van der Waals surface area contributed by atoms with Gasteiger partial charge in [-0.3, -0.25) is 9.59 Å². The van der Waals surface area contributed by atoms with E-state index in [1.54, 1.807) is 4.90 Å². The second-order valence-electron chi connectivity index (χ2n) is 4.74. The van der Waals surface area contributed by atoms with E-state index in [0.717, 1.165) is 5.75 Å². The topological polar surface area (TPSA) is 66.8 Å². The molecule has 5 heteroatoms. The third-order valence-corrected chi connectivity index (χ3v) is 2.84. The van der Waals surface area contributed by atoms with Crippen LogP contribution in [0.25, 0.3) is 0 Å². The van der Waals surface area contributed by atoms with E-state index in [-0.39, 0.29) is 31.3 Å². The van der Waals surface area contributed by atoms with Gasteiger partial charge in [-0.25, -0.2) is 0 Å². The summed E-state index contributed by atoms with van der Waals surface area (Å²) in [5.74, 6) is -0.261. The van der Waals surface area contributed by atoms with Gasteiger partial charge in [0, 0.05) is 12.6 Å². The monoisotopic (exact) mass is 279 g/mol. The minimum absolute atomic E-state index is 0.0152. The molecule has 0 fully saturated rings. The molecular formula is C15H21NO4. The highest BCUT2D eigenvalue weighted by molar-refractivity contribution is 5.77. The SMILES string of the molecule is CC(C)N(CCC(=O)O)C(=O)CCOc1ccccc1. The van der Waals surface area contributed by atoms with Gasteiger partial charge in [0.1, 0.15) is 5.75 Å². The number of rotatable bonds is 8. The van der Waals surface area contributed by atoms with Crippen LogP contribution < -0.4 is 4.74 Å². The van der Waals surface area contributed by atoms with Gasteiger partial charge in [-0.05, 0) is 26.0 Å². The second kappa shape index (κ2) is 8.19. The van der Waals surface area contributed by atoms with E-state index < -0.39 is 5.97 Å². The summed E-state index contributed by atoms with van der Waals surface area (Å²) in [6.45, 7) is 4.27. The Bertz CT molecular complexity index is 431. The first-order valence-corrected chi connectivity index (χ1v) is 6.70. The van der Waals surface area contributed by atoms with Crippen molar-refractivity contribution in [3.63, 3.8) is 0 Å². The van der Waals surface area contributed by atoms with Crippen LogP contribution in [-0.4, -0.2) is 41.1 Å². The van der Waals surface area contributed by atoms with Crippen LogP contribution in [0.1, 0.15) is 26.7 Å². The van der Waals surface area contributed by atoms with Crippen LogP contribution in [0.2, 0.25) is 0 Å². The molecule has 0 spiro atoms. The molecule has 0 atom stereocenters. The Morgan fingerprint density at radius 1 is 1.20 bits per heavy atom. The Labute approximate surface area is 119 Å². The van der Waals surface area contributed by atoms with Crippen molar-refractivity contribution in [3.8, 4) is 5.75 Å². The zero-order valence-electron chi connectivity index (χ0n) is 11.9. The molecule has 1 amide bonds. The summed E-state index contributed by atoms with van der Waals surface area (Å²) in [5.41, 5.74) is 0. The summed E-state index contributed by atoms with van der Waals surface area (Å²) in [6, 6.07) is 9.27. The van der Waals surface area contributed by atoms with Gasteiger partial charge in [0.05, 0.1) is 19.4 Å². The van der Waals surface area contributed by atoms with Crippen molar-refractivity contribution in [1.82, 2.24) is 4.90 Å². The van der Waals surface area contributed by atoms with Gasteiger partial charge in [0.2, 0.25) is 5.91 Å². The fourth-order valence-electron chi connectivity index (χ4n) is 1.80. The lowest BCUT2D eigenvalue weighted by atomic mass is 10.2. The molecule has 0 aliphatic heterocycles. The van der Waals surface area contributed by atoms with E-state index in [4.69, 9.17) is 9.84 Å². The number of carbonyl (C=O) groups is 2. The van der Waals surface area contributed by atoms with Gasteiger partial charge in [0.15, 0.2) is 0 Å². The standard InChI is InChI=1S/C15H21NO4/c1-12(2)16(10-8-15(18)19)14(17)9-11-20-13-6-4-3-5-7-13/h3-7,12H,8-11H2,1-2H3,(H,18,19). The molecule has 0 aliphatic carbocycles. The molecule has 5 nitrogen and oxygen atoms in total. The van der Waals surface area contributed by atoms with Crippen LogP contribution in [0.5, 0.6) is 5.75 Å². The molecule has 0 bridgehead atoms. The third-order valence-electron chi connectivity index (χ3n) is 2.84. The maximum atomic E-state index is 12.0. The number of carboxylic acid groups (broad SMARTS) is 1. The van der Waals surface area contributed by atoms with Crippen LogP contribution in [0.3, 0.4) is 0 Å². The van der Waals surface area contributed by atoms with Gasteiger partial charge in [-0.2, -0.15) is 0 Å². The quantitative estimate of drug-likeness (QED) is 0.792. The molecule has 0 aliphatic rings. The number of nitrogens with zero attached hydrogens (tertiary/aromatic N) is 1. The smallest absolute Gasteiger partial charge is 0.305 e. The van der Waals surface area contributed by atoms with Gasteiger partial charge in [0.25, 0.3) is 0 Å². The van der Waals surface area contributed by atoms with Crippen molar-refractivity contribution in [2.45, 2.75) is 32.7 Å². The summed E-state index contributed by atoms with van der Waals surface area (Å²) in [5, 5.41) is 8.69. The van der Waals surface area contributed by atoms with Gasteiger partial charge >= 0.3 is 5.97 Å². The molecule has 110 valence electrons. The van der Waals surface area contributed by atoms with E-state index in [1.807, 2.05) is 44.2 Å². The minimum atomic E-state index is -0.899. The minimum Gasteiger partial charge on any atom is -0.493 e. The zero-order chi connectivity index (χ0) is 15.0. The molecule has 0 heterocycles. The molecule has 1 rings (SSSR count). The molecule has 0 saturated heterocycles. The highest BCUT2D eigenvalue weighted by Gasteiger charge is 2.17. The Kier molecular flexibility index (Phi) is 6.56. The lowest BCUT2D eigenvalue weighted by Crippen LogP contribution is -2.39. The van der Waals surface area contributed by atoms with Crippen LogP contribution in [0.15, 0.2) is 30.3 Å². The van der Waals surface area contributed by atoms with Crippen molar-refractivity contribution < 1.29 is 19.4 Å². The highest BCUT2D eigenvalue weighted by Crippen LogP contribution is 2.09. The van der Waals surface area contributed by atoms with E-state index in [9.17, 15) is 9.59 Å². The highest BCUT2D eigenvalue weighted by atomic mass is 16.5. The van der Waals surface area contributed by atoms with Crippen LogP contribution >= 0.6 is 0 Å². The summed E-state index contributed by atoms with van der Waals surface area (Å²) >= 11 is 0. The fourth-order valence-corrected chi connectivity index (χ4v) is 1.80. The van der Waals surface area contributed by atoms with Crippen LogP contribution in [0, 0.1) is 0 Å². The van der Waals surface area contributed by atoms with Gasteiger partial charge < -0.3 is 14.7 Å². The Morgan fingerprint density at radius 3 is 2.40 bits per heavy atom. The molecule has 0 unspecified atom stereocenters. The van der Waals surface area contributed by atoms with Crippen molar-refractivity contribution in [1.29, 1.82) is 0 Å². The molecule has 1 N–H and O–H groups in total. The maximum Gasteiger partial charge on any atom is 0.305 e. The van der Waals surface area contributed by atoms with E-state index >= 15 is 0 Å². The van der Waals surface area contributed by atoms with E-state index in [1.165, 1.54) is 0 Å². The number of benzene rings is 1. The number of aliphatic carboxylic acids is 1. The second-order valence-corrected chi connectivity index (χ2v) is 4.74. The predicted octanol–water partition coefficient (Wildman–Crippen LogP) is 2.17. The van der Waals surface area contributed by atoms with Crippen LogP contribution in [0.4, 0.5) is 0 Å². The van der Waals surface area contributed by atoms with E-state index in [2.05, 4.69) is 0 Å². The largest absolute Gasteiger partial charge is 0.493 e. The van der Waals surface area contributed by atoms with Crippen molar-refractivity contribution in [2.24, 2.45) is 0 Å². The average Bonchev–Trinajstić information content (AvgIpc) is 2.39. The van der Waals surface area contributed by atoms with Gasteiger partial charge in [-0.1, -0.05) is 18.2 Å². The summed E-state index contributed by atoms with van der Waals surface area (Å²) in [4.78, 5) is 24.2. The number of hydrogen-bond donors (Lipinski definition) is 1. The third kappa shape index (κ3) is 5.73. The molecule has 0 aromatic heterocycles. The van der Waals surface area contributed by atoms with Crippen molar-refractivity contribution in [3.05, 3.63) is 30.3 Å². The predicted molar refractivity (Wildman–Crippen MR) is 75.7 cm³/mol. The summed E-state index contributed by atoms with van der Waals surface area (Å²) in [7, 11) is 0. The van der Waals surface area contributed by atoms with Crippen LogP contribution in [-0.2, 0) is 9.59 Å². The van der Waals surface area contributed by atoms with Gasteiger partial charge in [-0.15, -0.1) is 0 Å². The maximum absolute atomic E-state index is 12.0. The molecule has 1 aromatic carbocycles. The van der Waals surface area contributed by atoms with E-state index in [0.29, 0.717) is 6.61 Å². The first-order chi connectivity index (χ1) is 9.50.